The molecule has 1 heterocycles. The van der Waals surface area contributed by atoms with Crippen molar-refractivity contribution in [3.05, 3.63) is 22.4 Å². The van der Waals surface area contributed by atoms with Crippen LogP contribution >= 0.6 is 35.3 Å². The number of likely N-dealkylation sites (N-methyl/N-ethyl adjacent to an activating group) is 1. The minimum absolute atomic E-state index is 0. The third-order valence-electron chi connectivity index (χ3n) is 5.82. The van der Waals surface area contributed by atoms with Crippen LogP contribution in [0.1, 0.15) is 56.4 Å². The highest BCUT2D eigenvalue weighted by Crippen LogP contribution is 2.42. The molecule has 0 aromatic carbocycles. The zero-order valence-corrected chi connectivity index (χ0v) is 19.8. The maximum Gasteiger partial charge on any atom is 0.243 e. The first-order valence-corrected chi connectivity index (χ1v) is 10.7. The minimum atomic E-state index is 0. The first-order valence-electron chi connectivity index (χ1n) is 9.84. The second-order valence-electron chi connectivity index (χ2n) is 7.94. The molecule has 0 saturated heterocycles. The van der Waals surface area contributed by atoms with Crippen molar-refractivity contribution in [1.82, 2.24) is 15.5 Å². The number of hydrogen-bond acceptors (Lipinski definition) is 3. The molecule has 0 radical (unpaired) electrons. The number of halogens is 1. The van der Waals surface area contributed by atoms with E-state index in [0.29, 0.717) is 6.04 Å². The molecule has 1 amide bonds. The Hall–Kier alpha value is -0.830. The van der Waals surface area contributed by atoms with E-state index in [1.165, 1.54) is 43.4 Å². The van der Waals surface area contributed by atoms with Crippen LogP contribution < -0.4 is 10.6 Å². The monoisotopic (exact) mass is 504 g/mol. The summed E-state index contributed by atoms with van der Waals surface area (Å²) in [6.45, 7) is 2.32. The molecule has 7 heteroatoms. The predicted octanol–water partition coefficient (Wildman–Crippen LogP) is 4.02. The fourth-order valence-electron chi connectivity index (χ4n) is 4.26. The van der Waals surface area contributed by atoms with Crippen LogP contribution in [0.4, 0.5) is 0 Å². The summed E-state index contributed by atoms with van der Waals surface area (Å²) in [7, 11) is 3.54. The molecule has 2 aliphatic rings. The van der Waals surface area contributed by atoms with Gasteiger partial charge in [-0.3, -0.25) is 4.79 Å². The highest BCUT2D eigenvalue weighted by atomic mass is 127. The van der Waals surface area contributed by atoms with E-state index >= 15 is 0 Å². The number of rotatable bonds is 5. The Morgan fingerprint density at radius 3 is 2.78 bits per heavy atom. The molecule has 0 bridgehead atoms. The third-order valence-corrected chi connectivity index (χ3v) is 6.88. The summed E-state index contributed by atoms with van der Waals surface area (Å²) in [6, 6.07) is 4.85. The lowest BCUT2D eigenvalue weighted by Gasteiger charge is -2.33. The molecule has 2 saturated carbocycles. The van der Waals surface area contributed by atoms with Crippen molar-refractivity contribution in [3.63, 3.8) is 0 Å². The van der Waals surface area contributed by atoms with Gasteiger partial charge in [0, 0.05) is 25.0 Å². The standard InChI is InChI=1S/C20H32N4OS.HI/c1-14(18-8-5-11-26-18)22-20(21-13-19(25)24(2)3)23-17-10-9-15-6-4-7-16(15)12-17;/h5,8,11,14-17H,4,6-7,9-10,12-13H2,1-3H3,(H2,21,22,23);1H. The lowest BCUT2D eigenvalue weighted by molar-refractivity contribution is -0.127. The Morgan fingerprint density at radius 2 is 2.07 bits per heavy atom. The Labute approximate surface area is 184 Å². The van der Waals surface area contributed by atoms with Crippen molar-refractivity contribution < 1.29 is 4.79 Å². The predicted molar refractivity (Wildman–Crippen MR) is 124 cm³/mol. The number of nitrogens with zero attached hydrogens (tertiary/aromatic N) is 2. The molecule has 3 rings (SSSR count). The highest BCUT2D eigenvalue weighted by Gasteiger charge is 2.34. The van der Waals surface area contributed by atoms with Crippen LogP contribution in [0.5, 0.6) is 0 Å². The van der Waals surface area contributed by atoms with E-state index in [4.69, 9.17) is 0 Å². The van der Waals surface area contributed by atoms with Crippen LogP contribution in [0.3, 0.4) is 0 Å². The summed E-state index contributed by atoms with van der Waals surface area (Å²) < 4.78 is 0. The average Bonchev–Trinajstić information content (AvgIpc) is 3.30. The molecule has 1 aromatic rings. The van der Waals surface area contributed by atoms with Gasteiger partial charge in [0.1, 0.15) is 6.54 Å². The quantitative estimate of drug-likeness (QED) is 0.362. The van der Waals surface area contributed by atoms with Crippen LogP contribution in [-0.4, -0.2) is 43.4 Å². The molecular formula is C20H33IN4OS. The number of thiophene rings is 1. The van der Waals surface area contributed by atoms with Crippen molar-refractivity contribution in [2.45, 2.75) is 57.5 Å². The van der Waals surface area contributed by atoms with E-state index in [9.17, 15) is 4.79 Å². The van der Waals surface area contributed by atoms with Gasteiger partial charge in [0.2, 0.25) is 5.91 Å². The molecule has 2 aliphatic carbocycles. The summed E-state index contributed by atoms with van der Waals surface area (Å²) in [5.41, 5.74) is 0. The largest absolute Gasteiger partial charge is 0.354 e. The zero-order chi connectivity index (χ0) is 18.5. The Balaban J connectivity index is 0.00000261. The molecule has 0 aliphatic heterocycles. The summed E-state index contributed by atoms with van der Waals surface area (Å²) in [4.78, 5) is 19.4. The van der Waals surface area contributed by atoms with E-state index in [1.807, 2.05) is 0 Å². The Bertz CT molecular complexity index is 620. The van der Waals surface area contributed by atoms with E-state index in [0.717, 1.165) is 17.8 Å². The fraction of sp³-hybridized carbons (Fsp3) is 0.700. The van der Waals surface area contributed by atoms with Crippen LogP contribution in [0.25, 0.3) is 0 Å². The molecule has 4 unspecified atom stereocenters. The number of carbonyl (C=O) groups is 1. The van der Waals surface area contributed by atoms with Gasteiger partial charge in [0.05, 0.1) is 6.04 Å². The van der Waals surface area contributed by atoms with E-state index in [-0.39, 0.29) is 42.5 Å². The van der Waals surface area contributed by atoms with Crippen LogP contribution in [0, 0.1) is 11.8 Å². The van der Waals surface area contributed by atoms with Gasteiger partial charge >= 0.3 is 0 Å². The first-order chi connectivity index (χ1) is 12.5. The van der Waals surface area contributed by atoms with Crippen LogP contribution in [0.2, 0.25) is 0 Å². The lowest BCUT2D eigenvalue weighted by Crippen LogP contribution is -2.47. The van der Waals surface area contributed by atoms with Crippen molar-refractivity contribution in [2.24, 2.45) is 16.8 Å². The van der Waals surface area contributed by atoms with E-state index in [2.05, 4.69) is 40.1 Å². The van der Waals surface area contributed by atoms with Crippen LogP contribution in [0.15, 0.2) is 22.5 Å². The molecule has 152 valence electrons. The number of nitrogens with one attached hydrogen (secondary N) is 2. The van der Waals surface area contributed by atoms with Gasteiger partial charge in [0.15, 0.2) is 5.96 Å². The van der Waals surface area contributed by atoms with Crippen molar-refractivity contribution in [1.29, 1.82) is 0 Å². The molecule has 2 N–H and O–H groups in total. The Morgan fingerprint density at radius 1 is 1.30 bits per heavy atom. The molecule has 1 aromatic heterocycles. The number of hydrogen-bond donors (Lipinski definition) is 2. The molecule has 27 heavy (non-hydrogen) atoms. The molecule has 5 nitrogen and oxygen atoms in total. The molecule has 0 spiro atoms. The second-order valence-corrected chi connectivity index (χ2v) is 8.92. The van der Waals surface area contributed by atoms with Gasteiger partial charge in [-0.15, -0.1) is 35.3 Å². The lowest BCUT2D eigenvalue weighted by atomic mass is 9.79. The molecule has 2 fully saturated rings. The van der Waals surface area contributed by atoms with E-state index < -0.39 is 0 Å². The number of guanidine groups is 1. The minimum Gasteiger partial charge on any atom is -0.354 e. The average molecular weight is 504 g/mol. The van der Waals surface area contributed by atoms with Gasteiger partial charge in [-0.25, -0.2) is 4.99 Å². The van der Waals surface area contributed by atoms with Crippen molar-refractivity contribution in [2.75, 3.05) is 20.6 Å². The van der Waals surface area contributed by atoms with E-state index in [1.54, 1.807) is 30.3 Å². The Kier molecular flexibility index (Phi) is 8.85. The maximum atomic E-state index is 12.0. The van der Waals surface area contributed by atoms with Gasteiger partial charge in [-0.2, -0.15) is 0 Å². The number of amides is 1. The van der Waals surface area contributed by atoms with Gasteiger partial charge in [-0.05, 0) is 49.5 Å². The SMILES string of the molecule is CC(NC(=NCC(=O)N(C)C)NC1CCC2CCCC2C1)c1cccs1.I. The zero-order valence-electron chi connectivity index (χ0n) is 16.6. The molecular weight excluding hydrogens is 471 g/mol. The smallest absolute Gasteiger partial charge is 0.243 e. The molecule has 4 atom stereocenters. The summed E-state index contributed by atoms with van der Waals surface area (Å²) in [6.07, 6.45) is 7.97. The van der Waals surface area contributed by atoms with Crippen LogP contribution in [-0.2, 0) is 4.79 Å². The number of carbonyl (C=O) groups excluding carboxylic acids is 1. The second kappa shape index (κ2) is 10.6. The third kappa shape index (κ3) is 6.34. The topological polar surface area (TPSA) is 56.7 Å². The summed E-state index contributed by atoms with van der Waals surface area (Å²) in [5.74, 6) is 2.61. The number of fused-ring (bicyclic) bond motifs is 1. The summed E-state index contributed by atoms with van der Waals surface area (Å²) >= 11 is 1.74. The van der Waals surface area contributed by atoms with Crippen molar-refractivity contribution >= 4 is 47.2 Å². The maximum absolute atomic E-state index is 12.0. The normalized spacial score (nSPS) is 25.9. The first kappa shape index (κ1) is 22.5. The van der Waals surface area contributed by atoms with Gasteiger partial charge in [-0.1, -0.05) is 25.3 Å². The fourth-order valence-corrected chi connectivity index (χ4v) is 5.00. The summed E-state index contributed by atoms with van der Waals surface area (Å²) in [5, 5.41) is 9.22. The van der Waals surface area contributed by atoms with Gasteiger partial charge < -0.3 is 15.5 Å². The van der Waals surface area contributed by atoms with Crippen molar-refractivity contribution in [3.8, 4) is 0 Å². The van der Waals surface area contributed by atoms with Gasteiger partial charge in [0.25, 0.3) is 0 Å². The highest BCUT2D eigenvalue weighted by molar-refractivity contribution is 14.0. The number of aliphatic imine (C=N–C) groups is 1.